The number of benzene rings is 3. The predicted octanol–water partition coefficient (Wildman–Crippen LogP) is 3.92. The maximum absolute atomic E-state index is 13.0. The first-order chi connectivity index (χ1) is 16.0. The van der Waals surface area contributed by atoms with Crippen molar-refractivity contribution in [3.05, 3.63) is 102 Å². The number of esters is 2. The minimum Gasteiger partial charge on any atom is -0.508 e. The van der Waals surface area contributed by atoms with E-state index in [-0.39, 0.29) is 22.6 Å². The fraction of sp³-hybridized carbons (Fsp3) is 0. The summed E-state index contributed by atoms with van der Waals surface area (Å²) < 4.78 is 10.6. The molecule has 0 saturated carbocycles. The Morgan fingerprint density at radius 1 is 0.818 bits per heavy atom. The zero-order chi connectivity index (χ0) is 23.4. The molecule has 1 aromatic heterocycles. The zero-order valence-corrected chi connectivity index (χ0v) is 17.1. The summed E-state index contributed by atoms with van der Waals surface area (Å²) in [6.45, 7) is 0. The number of phenols is 1. The first-order valence-corrected chi connectivity index (χ1v) is 9.82. The molecule has 8 nitrogen and oxygen atoms in total. The fourth-order valence-electron chi connectivity index (χ4n) is 3.39. The number of hydrogen-bond acceptors (Lipinski definition) is 7. The van der Waals surface area contributed by atoms with E-state index >= 15 is 0 Å². The van der Waals surface area contributed by atoms with Crippen LogP contribution in [-0.2, 0) is 4.74 Å². The highest BCUT2D eigenvalue weighted by Crippen LogP contribution is 2.37. The van der Waals surface area contributed by atoms with Crippen molar-refractivity contribution in [1.29, 1.82) is 0 Å². The standard InChI is InChI=1S/C25H18N2O6/c26-27-23(29)19-13-17(28)11-12-18(19)24(30)33-25(31)22-21(16-9-5-2-6-10-16)20(14-32-22)15-7-3-1-4-8-15/h1-14,28H,26H2,(H,27,29). The molecule has 0 aliphatic carbocycles. The van der Waals surface area contributed by atoms with E-state index in [2.05, 4.69) is 0 Å². The van der Waals surface area contributed by atoms with E-state index in [4.69, 9.17) is 15.0 Å². The van der Waals surface area contributed by atoms with Gasteiger partial charge in [-0.1, -0.05) is 60.7 Å². The van der Waals surface area contributed by atoms with Gasteiger partial charge in [-0.15, -0.1) is 0 Å². The van der Waals surface area contributed by atoms with Crippen LogP contribution < -0.4 is 11.3 Å². The molecule has 0 bridgehead atoms. The van der Waals surface area contributed by atoms with Gasteiger partial charge in [0.1, 0.15) is 12.0 Å². The van der Waals surface area contributed by atoms with Crippen LogP contribution in [0, 0.1) is 0 Å². The molecule has 0 aliphatic heterocycles. The number of carbonyl (C=O) groups excluding carboxylic acids is 3. The highest BCUT2D eigenvalue weighted by molar-refractivity contribution is 6.10. The molecular formula is C25H18N2O6. The lowest BCUT2D eigenvalue weighted by atomic mass is 9.97. The average Bonchev–Trinajstić information content (AvgIpc) is 3.30. The zero-order valence-electron chi connectivity index (χ0n) is 17.1. The van der Waals surface area contributed by atoms with Crippen LogP contribution in [0.4, 0.5) is 0 Å². The van der Waals surface area contributed by atoms with Gasteiger partial charge in [0.25, 0.3) is 5.91 Å². The molecule has 0 fully saturated rings. The number of furan rings is 1. The number of nitrogens with two attached hydrogens (primary N) is 1. The molecule has 3 aromatic carbocycles. The maximum atomic E-state index is 13.0. The Balaban J connectivity index is 1.72. The molecule has 4 N–H and O–H groups in total. The van der Waals surface area contributed by atoms with Crippen molar-refractivity contribution in [2.45, 2.75) is 0 Å². The van der Waals surface area contributed by atoms with E-state index in [1.807, 2.05) is 54.0 Å². The average molecular weight is 442 g/mol. The van der Waals surface area contributed by atoms with Crippen molar-refractivity contribution in [2.75, 3.05) is 0 Å². The molecule has 4 aromatic rings. The van der Waals surface area contributed by atoms with Crippen LogP contribution in [0.3, 0.4) is 0 Å². The van der Waals surface area contributed by atoms with E-state index in [9.17, 15) is 19.5 Å². The number of hydrogen-bond donors (Lipinski definition) is 3. The molecule has 33 heavy (non-hydrogen) atoms. The topological polar surface area (TPSA) is 132 Å². The second kappa shape index (κ2) is 9.21. The van der Waals surface area contributed by atoms with Gasteiger partial charge < -0.3 is 14.3 Å². The first kappa shape index (κ1) is 21.5. The fourth-order valence-corrected chi connectivity index (χ4v) is 3.39. The van der Waals surface area contributed by atoms with Crippen LogP contribution in [-0.4, -0.2) is 23.0 Å². The molecule has 0 unspecified atom stereocenters. The first-order valence-electron chi connectivity index (χ1n) is 9.82. The summed E-state index contributed by atoms with van der Waals surface area (Å²) in [5, 5.41) is 9.64. The van der Waals surface area contributed by atoms with Crippen molar-refractivity contribution < 1.29 is 28.6 Å². The van der Waals surface area contributed by atoms with Gasteiger partial charge in [-0.3, -0.25) is 10.2 Å². The van der Waals surface area contributed by atoms with Crippen molar-refractivity contribution in [3.63, 3.8) is 0 Å². The molecule has 4 rings (SSSR count). The minimum atomic E-state index is -1.10. The van der Waals surface area contributed by atoms with Crippen LogP contribution in [0.5, 0.6) is 5.75 Å². The number of nitrogen functional groups attached to an aromatic ring is 1. The number of ether oxygens (including phenoxy) is 1. The van der Waals surface area contributed by atoms with Crippen LogP contribution in [0.25, 0.3) is 22.3 Å². The Morgan fingerprint density at radius 3 is 2.09 bits per heavy atom. The lowest BCUT2D eigenvalue weighted by molar-refractivity contribution is 0.0374. The van der Waals surface area contributed by atoms with Crippen molar-refractivity contribution in [1.82, 2.24) is 5.43 Å². The molecule has 1 heterocycles. The largest absolute Gasteiger partial charge is 0.508 e. The number of aromatic hydroxyl groups is 1. The lowest BCUT2D eigenvalue weighted by Crippen LogP contribution is -2.31. The van der Waals surface area contributed by atoms with Gasteiger partial charge in [0.05, 0.1) is 11.1 Å². The van der Waals surface area contributed by atoms with Gasteiger partial charge in [-0.2, -0.15) is 0 Å². The summed E-state index contributed by atoms with van der Waals surface area (Å²) in [5.74, 6) is 1.74. The quantitative estimate of drug-likeness (QED) is 0.140. The van der Waals surface area contributed by atoms with E-state index in [0.29, 0.717) is 16.7 Å². The van der Waals surface area contributed by atoms with Gasteiger partial charge in [-0.05, 0) is 29.3 Å². The third-order valence-electron chi connectivity index (χ3n) is 4.91. The summed E-state index contributed by atoms with van der Waals surface area (Å²) in [6.07, 6.45) is 1.42. The van der Waals surface area contributed by atoms with E-state index in [0.717, 1.165) is 17.7 Å². The van der Waals surface area contributed by atoms with Crippen LogP contribution in [0.15, 0.2) is 89.5 Å². The van der Waals surface area contributed by atoms with Gasteiger partial charge in [0.15, 0.2) is 0 Å². The number of nitrogens with one attached hydrogen (secondary N) is 1. The Labute approximate surface area is 188 Å². The number of carbonyl (C=O) groups is 3. The van der Waals surface area contributed by atoms with Crippen molar-refractivity contribution >= 4 is 17.8 Å². The monoisotopic (exact) mass is 442 g/mol. The Hall–Kier alpha value is -4.69. The molecular weight excluding hydrogens is 424 g/mol. The number of rotatable bonds is 5. The molecule has 164 valence electrons. The molecule has 0 aliphatic rings. The Kier molecular flexibility index (Phi) is 6.01. The molecule has 0 saturated heterocycles. The summed E-state index contributed by atoms with van der Waals surface area (Å²) >= 11 is 0. The maximum Gasteiger partial charge on any atom is 0.382 e. The van der Waals surface area contributed by atoms with Gasteiger partial charge in [0.2, 0.25) is 5.76 Å². The smallest absolute Gasteiger partial charge is 0.382 e. The van der Waals surface area contributed by atoms with Crippen LogP contribution in [0.1, 0.15) is 31.3 Å². The minimum absolute atomic E-state index is 0.169. The molecule has 1 amide bonds. The molecule has 0 radical (unpaired) electrons. The molecule has 0 spiro atoms. The Bertz CT molecular complexity index is 1330. The lowest BCUT2D eigenvalue weighted by Gasteiger charge is -2.09. The number of hydrazine groups is 1. The highest BCUT2D eigenvalue weighted by Gasteiger charge is 2.27. The normalized spacial score (nSPS) is 10.5. The summed E-state index contributed by atoms with van der Waals surface area (Å²) in [4.78, 5) is 37.7. The molecule has 8 heteroatoms. The highest BCUT2D eigenvalue weighted by atomic mass is 16.6. The van der Waals surface area contributed by atoms with Gasteiger partial charge in [0, 0.05) is 11.1 Å². The summed E-state index contributed by atoms with van der Waals surface area (Å²) in [7, 11) is 0. The summed E-state index contributed by atoms with van der Waals surface area (Å²) in [5.41, 5.74) is 4.00. The van der Waals surface area contributed by atoms with Gasteiger partial charge >= 0.3 is 11.9 Å². The third kappa shape index (κ3) is 4.36. The van der Waals surface area contributed by atoms with E-state index < -0.39 is 17.8 Å². The third-order valence-corrected chi connectivity index (χ3v) is 4.91. The van der Waals surface area contributed by atoms with Crippen LogP contribution >= 0.6 is 0 Å². The summed E-state index contributed by atoms with van der Waals surface area (Å²) in [6, 6.07) is 21.8. The Morgan fingerprint density at radius 2 is 1.45 bits per heavy atom. The van der Waals surface area contributed by atoms with Crippen LogP contribution in [0.2, 0.25) is 0 Å². The number of phenolic OH excluding ortho intramolecular Hbond substituents is 1. The molecule has 0 atom stereocenters. The van der Waals surface area contributed by atoms with E-state index in [1.54, 1.807) is 12.1 Å². The SMILES string of the molecule is NNC(=O)c1cc(O)ccc1C(=O)OC(=O)c1occ(-c2ccccc2)c1-c1ccccc1. The van der Waals surface area contributed by atoms with Gasteiger partial charge in [-0.25, -0.2) is 15.4 Å². The second-order valence-corrected chi connectivity index (χ2v) is 6.97. The number of amides is 1. The van der Waals surface area contributed by atoms with Crippen molar-refractivity contribution in [3.8, 4) is 28.0 Å². The predicted molar refractivity (Wildman–Crippen MR) is 119 cm³/mol. The van der Waals surface area contributed by atoms with Crippen molar-refractivity contribution in [2.24, 2.45) is 5.84 Å². The second-order valence-electron chi connectivity index (χ2n) is 6.97. The van der Waals surface area contributed by atoms with E-state index in [1.165, 1.54) is 12.3 Å².